The zero-order valence-electron chi connectivity index (χ0n) is 10.9. The van der Waals surface area contributed by atoms with Crippen LogP contribution in [-0.4, -0.2) is 20.6 Å². The minimum absolute atomic E-state index is 0.166. The molecule has 0 aromatic heterocycles. The first-order valence-corrected chi connectivity index (χ1v) is 8.90. The Kier molecular flexibility index (Phi) is 4.70. The molecule has 1 N–H and O–H groups in total. The van der Waals surface area contributed by atoms with Gasteiger partial charge >= 0.3 is 0 Å². The number of benzene rings is 2. The fourth-order valence-electron chi connectivity index (χ4n) is 1.64. The van der Waals surface area contributed by atoms with Crippen LogP contribution in [0.15, 0.2) is 51.8 Å². The van der Waals surface area contributed by atoms with Crippen molar-refractivity contribution in [2.24, 2.45) is 0 Å². The number of hydrogen-bond donors (Lipinski definition) is 1. The molecule has 0 fully saturated rings. The van der Waals surface area contributed by atoms with Gasteiger partial charge in [0, 0.05) is 16.3 Å². The normalized spacial score (nSPS) is 11.2. The van der Waals surface area contributed by atoms with Crippen LogP contribution in [0.1, 0.15) is 10.4 Å². The van der Waals surface area contributed by atoms with Crippen molar-refractivity contribution in [3.05, 3.63) is 57.5 Å². The summed E-state index contributed by atoms with van der Waals surface area (Å²) < 4.78 is 23.5. The lowest BCUT2D eigenvalue weighted by Crippen LogP contribution is -2.12. The summed E-state index contributed by atoms with van der Waals surface area (Å²) in [6, 6.07) is 10.8. The first-order valence-electron chi connectivity index (χ1n) is 5.84. The van der Waals surface area contributed by atoms with E-state index in [1.807, 2.05) is 0 Å². The average molecular weight is 389 g/mol. The van der Waals surface area contributed by atoms with Gasteiger partial charge in [-0.05, 0) is 42.5 Å². The van der Waals surface area contributed by atoms with E-state index in [0.29, 0.717) is 16.3 Å². The number of halogens is 2. The van der Waals surface area contributed by atoms with E-state index in [4.69, 9.17) is 11.6 Å². The third-order valence-electron chi connectivity index (χ3n) is 2.72. The van der Waals surface area contributed by atoms with Gasteiger partial charge in [0.1, 0.15) is 0 Å². The summed E-state index contributed by atoms with van der Waals surface area (Å²) in [5.41, 5.74) is 0.821. The Morgan fingerprint density at radius 3 is 2.33 bits per heavy atom. The van der Waals surface area contributed by atoms with Gasteiger partial charge in [-0.25, -0.2) is 8.42 Å². The van der Waals surface area contributed by atoms with Gasteiger partial charge in [-0.3, -0.25) is 4.79 Å². The molecule has 0 spiro atoms. The molecule has 0 bridgehead atoms. The number of anilines is 1. The molecule has 0 radical (unpaired) electrons. The average Bonchev–Trinajstić information content (AvgIpc) is 2.42. The largest absolute Gasteiger partial charge is 0.321 e. The molecule has 1 amide bonds. The van der Waals surface area contributed by atoms with Crippen LogP contribution >= 0.6 is 27.5 Å². The fraction of sp³-hybridized carbons (Fsp3) is 0.0714. The monoisotopic (exact) mass is 387 g/mol. The summed E-state index contributed by atoms with van der Waals surface area (Å²) >= 11 is 9.30. The molecule has 7 heteroatoms. The Bertz CT molecular complexity index is 788. The van der Waals surface area contributed by atoms with Gasteiger partial charge in [-0.2, -0.15) is 0 Å². The van der Waals surface area contributed by atoms with E-state index in [-0.39, 0.29) is 10.8 Å². The summed E-state index contributed by atoms with van der Waals surface area (Å²) in [6.07, 6.45) is 1.11. The summed E-state index contributed by atoms with van der Waals surface area (Å²) in [6.45, 7) is 0. The smallest absolute Gasteiger partial charge is 0.255 e. The number of amides is 1. The van der Waals surface area contributed by atoms with Crippen LogP contribution in [0.25, 0.3) is 0 Å². The highest BCUT2D eigenvalue weighted by molar-refractivity contribution is 9.10. The van der Waals surface area contributed by atoms with E-state index in [0.717, 1.165) is 10.7 Å². The topological polar surface area (TPSA) is 63.2 Å². The molecule has 0 heterocycles. The Morgan fingerprint density at radius 2 is 1.76 bits per heavy atom. The van der Waals surface area contributed by atoms with Gasteiger partial charge in [0.05, 0.1) is 15.6 Å². The van der Waals surface area contributed by atoms with Gasteiger partial charge in [-0.15, -0.1) is 0 Å². The van der Waals surface area contributed by atoms with Crippen molar-refractivity contribution in [3.63, 3.8) is 0 Å². The minimum Gasteiger partial charge on any atom is -0.321 e. The molecule has 0 saturated heterocycles. The maximum Gasteiger partial charge on any atom is 0.255 e. The van der Waals surface area contributed by atoms with E-state index in [1.54, 1.807) is 18.2 Å². The van der Waals surface area contributed by atoms with E-state index in [2.05, 4.69) is 21.2 Å². The maximum atomic E-state index is 12.1. The molecular weight excluding hydrogens is 378 g/mol. The zero-order chi connectivity index (χ0) is 15.6. The SMILES string of the molecule is CS(=O)(=O)c1ccc(C(=O)Nc2cc(Br)ccc2Cl)cc1. The van der Waals surface area contributed by atoms with Crippen LogP contribution in [0, 0.1) is 0 Å². The molecule has 0 aliphatic heterocycles. The fourth-order valence-corrected chi connectivity index (χ4v) is 2.80. The van der Waals surface area contributed by atoms with Crippen LogP contribution in [0.3, 0.4) is 0 Å². The molecule has 0 aliphatic rings. The number of carbonyl (C=O) groups excluding carboxylic acids is 1. The summed E-state index contributed by atoms with van der Waals surface area (Å²) in [5, 5.41) is 3.09. The van der Waals surface area contributed by atoms with Crippen LogP contribution in [0.2, 0.25) is 5.02 Å². The van der Waals surface area contributed by atoms with E-state index in [1.165, 1.54) is 24.3 Å². The van der Waals surface area contributed by atoms with Gasteiger partial charge in [0.2, 0.25) is 0 Å². The lowest BCUT2D eigenvalue weighted by Gasteiger charge is -2.08. The number of carbonyl (C=O) groups is 1. The summed E-state index contributed by atoms with van der Waals surface area (Å²) in [5.74, 6) is -0.366. The van der Waals surface area contributed by atoms with Gasteiger partial charge < -0.3 is 5.32 Å². The molecule has 2 aromatic rings. The molecule has 2 rings (SSSR count). The molecule has 0 aliphatic carbocycles. The van der Waals surface area contributed by atoms with Crippen LogP contribution in [-0.2, 0) is 9.84 Å². The highest BCUT2D eigenvalue weighted by Gasteiger charge is 2.11. The Morgan fingerprint density at radius 1 is 1.14 bits per heavy atom. The van der Waals surface area contributed by atoms with Crippen molar-refractivity contribution in [1.82, 2.24) is 0 Å². The van der Waals surface area contributed by atoms with Crippen molar-refractivity contribution >= 4 is 49.0 Å². The predicted molar refractivity (Wildman–Crippen MR) is 86.7 cm³/mol. The molecule has 21 heavy (non-hydrogen) atoms. The molecule has 2 aromatic carbocycles. The van der Waals surface area contributed by atoms with Gasteiger partial charge in [0.15, 0.2) is 9.84 Å². The number of hydrogen-bond acceptors (Lipinski definition) is 3. The van der Waals surface area contributed by atoms with Crippen molar-refractivity contribution in [2.45, 2.75) is 4.90 Å². The molecule has 110 valence electrons. The zero-order valence-corrected chi connectivity index (χ0v) is 14.1. The Hall–Kier alpha value is -1.37. The molecule has 4 nitrogen and oxygen atoms in total. The highest BCUT2D eigenvalue weighted by atomic mass is 79.9. The Labute approximate surface area is 136 Å². The first kappa shape index (κ1) is 16.0. The predicted octanol–water partition coefficient (Wildman–Crippen LogP) is 3.76. The molecule has 0 unspecified atom stereocenters. The van der Waals surface area contributed by atoms with Crippen molar-refractivity contribution in [2.75, 3.05) is 11.6 Å². The quantitative estimate of drug-likeness (QED) is 0.871. The van der Waals surface area contributed by atoms with Gasteiger partial charge in [0.25, 0.3) is 5.91 Å². The third kappa shape index (κ3) is 4.06. The van der Waals surface area contributed by atoms with Crippen LogP contribution in [0.4, 0.5) is 5.69 Å². The second kappa shape index (κ2) is 6.17. The lowest BCUT2D eigenvalue weighted by molar-refractivity contribution is 0.102. The molecule has 0 atom stereocenters. The maximum absolute atomic E-state index is 12.1. The number of rotatable bonds is 3. The number of sulfone groups is 1. The first-order chi connectivity index (χ1) is 9.77. The van der Waals surface area contributed by atoms with Crippen LogP contribution < -0.4 is 5.32 Å². The second-order valence-electron chi connectivity index (χ2n) is 4.37. The molecular formula is C14H11BrClNO3S. The van der Waals surface area contributed by atoms with Crippen molar-refractivity contribution in [1.29, 1.82) is 0 Å². The van der Waals surface area contributed by atoms with Crippen molar-refractivity contribution in [3.8, 4) is 0 Å². The minimum atomic E-state index is -3.28. The third-order valence-corrected chi connectivity index (χ3v) is 4.67. The Balaban J connectivity index is 2.23. The van der Waals surface area contributed by atoms with E-state index < -0.39 is 9.84 Å². The standard InChI is InChI=1S/C14H11BrClNO3S/c1-21(19,20)11-5-2-9(3-6-11)14(18)17-13-8-10(15)4-7-12(13)16/h2-8H,1H3,(H,17,18). The van der Waals surface area contributed by atoms with Crippen molar-refractivity contribution < 1.29 is 13.2 Å². The van der Waals surface area contributed by atoms with Crippen LogP contribution in [0.5, 0.6) is 0 Å². The highest BCUT2D eigenvalue weighted by Crippen LogP contribution is 2.26. The van der Waals surface area contributed by atoms with Gasteiger partial charge in [-0.1, -0.05) is 27.5 Å². The lowest BCUT2D eigenvalue weighted by atomic mass is 10.2. The van der Waals surface area contributed by atoms with E-state index in [9.17, 15) is 13.2 Å². The second-order valence-corrected chi connectivity index (χ2v) is 7.71. The number of nitrogens with one attached hydrogen (secondary N) is 1. The molecule has 0 saturated carbocycles. The summed E-state index contributed by atoms with van der Waals surface area (Å²) in [7, 11) is -3.28. The summed E-state index contributed by atoms with van der Waals surface area (Å²) in [4.78, 5) is 12.3. The van der Waals surface area contributed by atoms with E-state index >= 15 is 0 Å².